The predicted octanol–water partition coefficient (Wildman–Crippen LogP) is 4.38. The van der Waals surface area contributed by atoms with E-state index in [2.05, 4.69) is 43.5 Å². The molecule has 3 N–H and O–H groups in total. The molecule has 3 aromatic rings. The predicted molar refractivity (Wildman–Crippen MR) is 143 cm³/mol. The van der Waals surface area contributed by atoms with Gasteiger partial charge in [-0.1, -0.05) is 6.92 Å². The molecule has 0 spiro atoms. The van der Waals surface area contributed by atoms with Crippen LogP contribution < -0.4 is 20.3 Å². The van der Waals surface area contributed by atoms with Crippen molar-refractivity contribution in [3.8, 4) is 12.1 Å². The van der Waals surface area contributed by atoms with Gasteiger partial charge < -0.3 is 25.3 Å². The Morgan fingerprint density at radius 3 is 2.92 bits per heavy atom. The van der Waals surface area contributed by atoms with E-state index in [0.717, 1.165) is 44.6 Å². The molecule has 37 heavy (non-hydrogen) atoms. The highest BCUT2D eigenvalue weighted by Gasteiger charge is 2.38. The third kappa shape index (κ3) is 3.90. The zero-order valence-electron chi connectivity index (χ0n) is 21.2. The van der Waals surface area contributed by atoms with Gasteiger partial charge in [-0.3, -0.25) is 4.99 Å². The number of nitrogens with one attached hydrogen (secondary N) is 3. The smallest absolute Gasteiger partial charge is 0.326 e. The second kappa shape index (κ2) is 9.16. The summed E-state index contributed by atoms with van der Waals surface area (Å²) in [4.78, 5) is 19.6. The van der Waals surface area contributed by atoms with Crippen LogP contribution in [-0.2, 0) is 0 Å². The van der Waals surface area contributed by atoms with Gasteiger partial charge in [0.15, 0.2) is 0 Å². The number of halogens is 1. The second-order valence-corrected chi connectivity index (χ2v) is 9.80. The van der Waals surface area contributed by atoms with Crippen molar-refractivity contribution in [3.05, 3.63) is 40.6 Å². The fraction of sp³-hybridized carbons (Fsp3) is 0.407. The molecule has 2 atom stereocenters. The van der Waals surface area contributed by atoms with E-state index in [1.165, 1.54) is 11.6 Å². The maximum atomic E-state index is 15.0. The first kappa shape index (κ1) is 23.4. The minimum absolute atomic E-state index is 0.0245. The lowest BCUT2D eigenvalue weighted by Crippen LogP contribution is -2.30. The lowest BCUT2D eigenvalue weighted by atomic mass is 10.1. The molecular weight excluding hydrogens is 471 g/mol. The number of nitrogens with zero attached hydrogens (tertiary/aromatic N) is 5. The zero-order chi connectivity index (χ0) is 25.7. The number of rotatable bonds is 5. The molecule has 1 aromatic carbocycles. The largest absolute Gasteiger partial charge is 0.423 e. The molecule has 2 aromatic heterocycles. The number of hydrogen-bond acceptors (Lipinski definition) is 8. The molecule has 6 rings (SSSR count). The maximum absolute atomic E-state index is 15.0. The van der Waals surface area contributed by atoms with Crippen LogP contribution in [0.1, 0.15) is 38.7 Å². The van der Waals surface area contributed by atoms with Crippen molar-refractivity contribution in [1.29, 1.82) is 5.26 Å². The number of anilines is 2. The van der Waals surface area contributed by atoms with Crippen molar-refractivity contribution in [3.63, 3.8) is 0 Å². The quantitative estimate of drug-likeness (QED) is 0.476. The van der Waals surface area contributed by atoms with E-state index < -0.39 is 5.82 Å². The van der Waals surface area contributed by atoms with Crippen LogP contribution in [0.4, 0.5) is 15.9 Å². The molecule has 0 saturated carbocycles. The van der Waals surface area contributed by atoms with E-state index in [0.29, 0.717) is 51.2 Å². The van der Waals surface area contributed by atoms with Gasteiger partial charge in [-0.2, -0.15) is 15.2 Å². The van der Waals surface area contributed by atoms with Crippen LogP contribution in [0.25, 0.3) is 21.9 Å². The van der Waals surface area contributed by atoms with E-state index in [-0.39, 0.29) is 11.6 Å². The molecule has 3 aliphatic rings. The average Bonchev–Trinajstić information content (AvgIpc) is 3.57. The Balaban J connectivity index is 1.52. The second-order valence-electron chi connectivity index (χ2n) is 9.80. The summed E-state index contributed by atoms with van der Waals surface area (Å²) < 4.78 is 21.2. The molecule has 0 aliphatic carbocycles. The summed E-state index contributed by atoms with van der Waals surface area (Å²) in [7, 11) is 1.72. The first-order valence-electron chi connectivity index (χ1n) is 12.7. The molecular formula is C27H29FN8O. The van der Waals surface area contributed by atoms with Crippen molar-refractivity contribution in [2.24, 2.45) is 10.9 Å². The molecule has 0 bridgehead atoms. The van der Waals surface area contributed by atoms with E-state index in [1.54, 1.807) is 13.3 Å². The standard InChI is InChI=1S/C27H29FN8O/c1-4-15-5-6-17(11-32-14(15)2)37-27-34-25-23(26(35-27)36-12-16-7-8-31-21(16)13-36)22-18(10-29)19(28)9-20(30-3)24(22)33-25/h6,9,11,16,21,30-31H,4-5,7-8,12-13H2,1-3H3,(H,33,34,35). The number of aromatic nitrogens is 3. The molecule has 10 heteroatoms. The van der Waals surface area contributed by atoms with Crippen LogP contribution in [0.3, 0.4) is 0 Å². The maximum Gasteiger partial charge on any atom is 0.326 e. The van der Waals surface area contributed by atoms with Gasteiger partial charge in [0.1, 0.15) is 29.1 Å². The summed E-state index contributed by atoms with van der Waals surface area (Å²) in [5, 5.41) is 17.6. The Kier molecular flexibility index (Phi) is 5.80. The van der Waals surface area contributed by atoms with Crippen LogP contribution in [0, 0.1) is 23.1 Å². The monoisotopic (exact) mass is 500 g/mol. The van der Waals surface area contributed by atoms with E-state index >= 15 is 0 Å². The minimum atomic E-state index is -0.582. The molecule has 2 fully saturated rings. The zero-order valence-corrected chi connectivity index (χ0v) is 21.2. The highest BCUT2D eigenvalue weighted by atomic mass is 19.1. The number of ether oxygens (including phenoxy) is 1. The molecule has 9 nitrogen and oxygen atoms in total. The Bertz CT molecular complexity index is 1530. The third-order valence-electron chi connectivity index (χ3n) is 7.77. The number of aliphatic imine (C=N–C) groups is 1. The Morgan fingerprint density at radius 2 is 2.16 bits per heavy atom. The van der Waals surface area contributed by atoms with Gasteiger partial charge >= 0.3 is 6.01 Å². The average molecular weight is 501 g/mol. The number of allylic oxidation sites excluding steroid dienone is 4. The number of hydrogen-bond donors (Lipinski definition) is 3. The molecule has 2 unspecified atom stereocenters. The van der Waals surface area contributed by atoms with Gasteiger partial charge in [0.05, 0.1) is 28.4 Å². The fourth-order valence-electron chi connectivity index (χ4n) is 5.75. The summed E-state index contributed by atoms with van der Waals surface area (Å²) in [5.41, 5.74) is 3.88. The van der Waals surface area contributed by atoms with Gasteiger partial charge in [-0.15, -0.1) is 0 Å². The molecule has 0 radical (unpaired) electrons. The SMILES string of the molecule is CCC1=C(C)N=CC(Oc2nc(N3CC4CCNC4C3)c3c(n2)[nH]c2c(NC)cc(F)c(C#N)c23)=CC1. The van der Waals surface area contributed by atoms with Crippen molar-refractivity contribution >= 4 is 39.7 Å². The molecule has 2 saturated heterocycles. The lowest BCUT2D eigenvalue weighted by Gasteiger charge is -2.20. The number of nitriles is 1. The summed E-state index contributed by atoms with van der Waals surface area (Å²) in [6.07, 6.45) is 6.46. The number of aromatic amines is 1. The highest BCUT2D eigenvalue weighted by molar-refractivity contribution is 6.17. The Labute approximate surface area is 214 Å². The minimum Gasteiger partial charge on any atom is -0.423 e. The summed E-state index contributed by atoms with van der Waals surface area (Å²) in [5.74, 6) is 1.14. The van der Waals surface area contributed by atoms with E-state index in [1.807, 2.05) is 13.0 Å². The molecule has 5 heterocycles. The normalized spacial score (nSPS) is 21.4. The Hall–Kier alpha value is -3.97. The third-order valence-corrected chi connectivity index (χ3v) is 7.77. The number of fused-ring (bicyclic) bond motifs is 4. The van der Waals surface area contributed by atoms with Crippen LogP contribution in [0.5, 0.6) is 6.01 Å². The van der Waals surface area contributed by atoms with Crippen LogP contribution in [0.15, 0.2) is 34.2 Å². The van der Waals surface area contributed by atoms with Gasteiger partial charge in [0, 0.05) is 43.3 Å². The molecule has 0 amide bonds. The van der Waals surface area contributed by atoms with Gasteiger partial charge in [-0.25, -0.2) is 4.39 Å². The van der Waals surface area contributed by atoms with Gasteiger partial charge in [0.25, 0.3) is 0 Å². The summed E-state index contributed by atoms with van der Waals surface area (Å²) >= 11 is 0. The first-order valence-corrected chi connectivity index (χ1v) is 12.7. The van der Waals surface area contributed by atoms with E-state index in [4.69, 9.17) is 9.72 Å². The van der Waals surface area contributed by atoms with Gasteiger partial charge in [0.2, 0.25) is 0 Å². The summed E-state index contributed by atoms with van der Waals surface area (Å²) in [6.45, 7) is 6.72. The summed E-state index contributed by atoms with van der Waals surface area (Å²) in [6, 6.07) is 3.94. The van der Waals surface area contributed by atoms with Crippen LogP contribution in [0.2, 0.25) is 0 Å². The first-order chi connectivity index (χ1) is 18.0. The molecule has 3 aliphatic heterocycles. The van der Waals surface area contributed by atoms with Crippen LogP contribution >= 0.6 is 0 Å². The van der Waals surface area contributed by atoms with E-state index in [9.17, 15) is 9.65 Å². The lowest BCUT2D eigenvalue weighted by molar-refractivity contribution is 0.419. The van der Waals surface area contributed by atoms with Crippen LogP contribution in [-0.4, -0.2) is 53.9 Å². The topological polar surface area (TPSA) is 114 Å². The van der Waals surface area contributed by atoms with Crippen molar-refractivity contribution in [2.45, 2.75) is 39.2 Å². The highest BCUT2D eigenvalue weighted by Crippen LogP contribution is 2.41. The van der Waals surface area contributed by atoms with Crippen molar-refractivity contribution in [1.82, 2.24) is 20.3 Å². The fourth-order valence-corrected chi connectivity index (χ4v) is 5.75. The van der Waals surface area contributed by atoms with Crippen molar-refractivity contribution in [2.75, 3.05) is 36.9 Å². The number of benzene rings is 1. The van der Waals surface area contributed by atoms with Crippen molar-refractivity contribution < 1.29 is 9.13 Å². The Morgan fingerprint density at radius 1 is 1.30 bits per heavy atom. The van der Waals surface area contributed by atoms with Gasteiger partial charge in [-0.05, 0) is 50.3 Å². The molecule has 190 valence electrons. The number of H-pyrrole nitrogens is 1.